The Balaban J connectivity index is 1.97. The Morgan fingerprint density at radius 2 is 2.24 bits per heavy atom. The smallest absolute Gasteiger partial charge is 0.0995 e. The average Bonchev–Trinajstić information content (AvgIpc) is 2.97. The van der Waals surface area contributed by atoms with Gasteiger partial charge in [-0.3, -0.25) is 0 Å². The fourth-order valence-electron chi connectivity index (χ4n) is 2.23. The van der Waals surface area contributed by atoms with E-state index < -0.39 is 0 Å². The van der Waals surface area contributed by atoms with Crippen molar-refractivity contribution in [3.8, 4) is 5.69 Å². The highest BCUT2D eigenvalue weighted by atomic mass is 15.0. The van der Waals surface area contributed by atoms with Gasteiger partial charge in [0.25, 0.3) is 0 Å². The number of rotatable bonds is 2. The first-order valence-corrected chi connectivity index (χ1v) is 6.15. The van der Waals surface area contributed by atoms with Gasteiger partial charge in [0.2, 0.25) is 0 Å². The molecule has 1 N–H and O–H groups in total. The second kappa shape index (κ2) is 3.91. The minimum Gasteiger partial charge on any atom is -0.384 e. The molecule has 0 fully saturated rings. The SMILES string of the molecule is CC(C)c1cn(-c2ccc3c(c2)CCN3)cn1. The molecule has 0 amide bonds. The highest BCUT2D eigenvalue weighted by Crippen LogP contribution is 2.25. The number of anilines is 1. The van der Waals surface area contributed by atoms with Gasteiger partial charge in [0.1, 0.15) is 0 Å². The summed E-state index contributed by atoms with van der Waals surface area (Å²) in [5, 5.41) is 3.38. The van der Waals surface area contributed by atoms with Crippen LogP contribution < -0.4 is 5.32 Å². The third-order valence-corrected chi connectivity index (χ3v) is 3.29. The quantitative estimate of drug-likeness (QED) is 0.854. The molecule has 1 aliphatic rings. The van der Waals surface area contributed by atoms with Gasteiger partial charge in [0.15, 0.2) is 0 Å². The van der Waals surface area contributed by atoms with Crippen LogP contribution in [0.3, 0.4) is 0 Å². The minimum atomic E-state index is 0.479. The summed E-state index contributed by atoms with van der Waals surface area (Å²) < 4.78 is 2.11. The largest absolute Gasteiger partial charge is 0.384 e. The minimum absolute atomic E-state index is 0.479. The molecule has 0 radical (unpaired) electrons. The number of nitrogens with one attached hydrogen (secondary N) is 1. The number of imidazole rings is 1. The molecule has 1 aromatic carbocycles. The Morgan fingerprint density at radius 1 is 1.35 bits per heavy atom. The van der Waals surface area contributed by atoms with Gasteiger partial charge >= 0.3 is 0 Å². The average molecular weight is 227 g/mol. The lowest BCUT2D eigenvalue weighted by Crippen LogP contribution is -1.92. The molecule has 2 aromatic rings. The van der Waals surface area contributed by atoms with E-state index in [1.54, 1.807) is 0 Å². The summed E-state index contributed by atoms with van der Waals surface area (Å²) in [6.07, 6.45) is 5.14. The van der Waals surface area contributed by atoms with Crippen molar-refractivity contribution in [2.75, 3.05) is 11.9 Å². The van der Waals surface area contributed by atoms with Crippen LogP contribution in [-0.4, -0.2) is 16.1 Å². The molecule has 0 atom stereocenters. The summed E-state index contributed by atoms with van der Waals surface area (Å²) in [6.45, 7) is 5.39. The molecule has 3 rings (SSSR count). The summed E-state index contributed by atoms with van der Waals surface area (Å²) in [5.41, 5.74) is 5.02. The molecular weight excluding hydrogens is 210 g/mol. The summed E-state index contributed by atoms with van der Waals surface area (Å²) >= 11 is 0. The zero-order valence-electron chi connectivity index (χ0n) is 10.3. The van der Waals surface area contributed by atoms with Crippen LogP contribution in [-0.2, 0) is 6.42 Å². The van der Waals surface area contributed by atoms with Crippen LogP contribution in [0.1, 0.15) is 31.0 Å². The summed E-state index contributed by atoms with van der Waals surface area (Å²) in [5.74, 6) is 0.479. The molecule has 1 aromatic heterocycles. The predicted molar refractivity (Wildman–Crippen MR) is 69.8 cm³/mol. The van der Waals surface area contributed by atoms with E-state index >= 15 is 0 Å². The summed E-state index contributed by atoms with van der Waals surface area (Å²) in [4.78, 5) is 4.43. The first-order chi connectivity index (χ1) is 8.24. The fourth-order valence-corrected chi connectivity index (χ4v) is 2.23. The van der Waals surface area contributed by atoms with Crippen molar-refractivity contribution in [2.45, 2.75) is 26.2 Å². The van der Waals surface area contributed by atoms with Crippen LogP contribution >= 0.6 is 0 Å². The van der Waals surface area contributed by atoms with Crippen molar-refractivity contribution >= 4 is 5.69 Å². The number of fused-ring (bicyclic) bond motifs is 1. The van der Waals surface area contributed by atoms with Crippen molar-refractivity contribution < 1.29 is 0 Å². The molecule has 0 saturated heterocycles. The maximum atomic E-state index is 4.43. The highest BCUT2D eigenvalue weighted by Gasteiger charge is 2.11. The monoisotopic (exact) mass is 227 g/mol. The molecule has 0 spiro atoms. The van der Waals surface area contributed by atoms with E-state index in [-0.39, 0.29) is 0 Å². The Labute approximate surface area is 101 Å². The van der Waals surface area contributed by atoms with Crippen molar-refractivity contribution in [3.05, 3.63) is 42.0 Å². The number of benzene rings is 1. The summed E-state index contributed by atoms with van der Waals surface area (Å²) in [6, 6.07) is 6.55. The zero-order valence-corrected chi connectivity index (χ0v) is 10.3. The Bertz CT molecular complexity index is 540. The van der Waals surface area contributed by atoms with E-state index in [1.165, 1.54) is 16.9 Å². The fraction of sp³-hybridized carbons (Fsp3) is 0.357. The molecule has 0 bridgehead atoms. The number of hydrogen-bond donors (Lipinski definition) is 1. The van der Waals surface area contributed by atoms with E-state index in [0.717, 1.165) is 18.7 Å². The van der Waals surface area contributed by atoms with E-state index in [9.17, 15) is 0 Å². The Kier molecular flexibility index (Phi) is 2.39. The number of hydrogen-bond acceptors (Lipinski definition) is 2. The second-order valence-corrected chi connectivity index (χ2v) is 4.88. The molecule has 17 heavy (non-hydrogen) atoms. The second-order valence-electron chi connectivity index (χ2n) is 4.88. The number of nitrogens with zero attached hydrogens (tertiary/aromatic N) is 2. The molecule has 1 aliphatic heterocycles. The van der Waals surface area contributed by atoms with Gasteiger partial charge in [0, 0.05) is 24.1 Å². The third-order valence-electron chi connectivity index (χ3n) is 3.29. The van der Waals surface area contributed by atoms with Gasteiger partial charge in [-0.1, -0.05) is 13.8 Å². The molecule has 88 valence electrons. The van der Waals surface area contributed by atoms with Crippen LogP contribution in [0.5, 0.6) is 0 Å². The van der Waals surface area contributed by atoms with Crippen LogP contribution in [0, 0.1) is 0 Å². The van der Waals surface area contributed by atoms with Gasteiger partial charge in [0.05, 0.1) is 12.0 Å². The van der Waals surface area contributed by atoms with Crippen molar-refractivity contribution in [1.29, 1.82) is 0 Å². The summed E-state index contributed by atoms with van der Waals surface area (Å²) in [7, 11) is 0. The highest BCUT2D eigenvalue weighted by molar-refractivity contribution is 5.59. The van der Waals surface area contributed by atoms with Crippen LogP contribution in [0.4, 0.5) is 5.69 Å². The first kappa shape index (κ1) is 10.4. The molecule has 0 unspecified atom stereocenters. The van der Waals surface area contributed by atoms with E-state index in [1.807, 2.05) is 6.33 Å². The maximum absolute atomic E-state index is 4.43. The van der Waals surface area contributed by atoms with Crippen LogP contribution in [0.2, 0.25) is 0 Å². The lowest BCUT2D eigenvalue weighted by Gasteiger charge is -2.05. The van der Waals surface area contributed by atoms with E-state index in [0.29, 0.717) is 5.92 Å². The van der Waals surface area contributed by atoms with E-state index in [2.05, 4.69) is 53.1 Å². The van der Waals surface area contributed by atoms with Gasteiger partial charge in [-0.25, -0.2) is 4.98 Å². The lowest BCUT2D eigenvalue weighted by molar-refractivity contribution is 0.831. The molecule has 0 saturated carbocycles. The normalized spacial score (nSPS) is 13.8. The van der Waals surface area contributed by atoms with Crippen LogP contribution in [0.15, 0.2) is 30.7 Å². The molecule has 3 nitrogen and oxygen atoms in total. The van der Waals surface area contributed by atoms with Crippen molar-refractivity contribution in [2.24, 2.45) is 0 Å². The van der Waals surface area contributed by atoms with E-state index in [4.69, 9.17) is 0 Å². The molecule has 0 aliphatic carbocycles. The maximum Gasteiger partial charge on any atom is 0.0995 e. The standard InChI is InChI=1S/C14H17N3/c1-10(2)14-8-17(9-16-14)12-3-4-13-11(7-12)5-6-15-13/h3-4,7-10,15H,5-6H2,1-2H3. The zero-order chi connectivity index (χ0) is 11.8. The van der Waals surface area contributed by atoms with Gasteiger partial charge in [-0.15, -0.1) is 0 Å². The van der Waals surface area contributed by atoms with Gasteiger partial charge < -0.3 is 9.88 Å². The molecule has 3 heteroatoms. The van der Waals surface area contributed by atoms with Crippen molar-refractivity contribution in [1.82, 2.24) is 9.55 Å². The van der Waals surface area contributed by atoms with Crippen molar-refractivity contribution in [3.63, 3.8) is 0 Å². The van der Waals surface area contributed by atoms with Gasteiger partial charge in [-0.05, 0) is 36.1 Å². The first-order valence-electron chi connectivity index (χ1n) is 6.15. The molecular formula is C14H17N3. The van der Waals surface area contributed by atoms with Crippen LogP contribution in [0.25, 0.3) is 5.69 Å². The number of aromatic nitrogens is 2. The lowest BCUT2D eigenvalue weighted by atomic mass is 10.1. The topological polar surface area (TPSA) is 29.9 Å². The Hall–Kier alpha value is -1.77. The third kappa shape index (κ3) is 1.82. The predicted octanol–water partition coefficient (Wildman–Crippen LogP) is 2.96. The Morgan fingerprint density at radius 3 is 3.00 bits per heavy atom. The van der Waals surface area contributed by atoms with Gasteiger partial charge in [-0.2, -0.15) is 0 Å². The molecule has 2 heterocycles.